The van der Waals surface area contributed by atoms with E-state index in [1.807, 2.05) is 0 Å². The number of carboxylic acids is 1. The van der Waals surface area contributed by atoms with Gasteiger partial charge in [0.25, 0.3) is 0 Å². The minimum atomic E-state index is -1.77. The Hall–Kier alpha value is -5.19. The van der Waals surface area contributed by atoms with Gasteiger partial charge >= 0.3 is 5.97 Å². The van der Waals surface area contributed by atoms with E-state index in [1.165, 1.54) is 36.2 Å². The minimum Gasteiger partial charge on any atom is -0.480 e. The summed E-state index contributed by atoms with van der Waals surface area (Å²) in [5.74, 6) is -7.34. The van der Waals surface area contributed by atoms with Gasteiger partial charge in [-0.15, -0.1) is 0 Å². The van der Waals surface area contributed by atoms with Crippen molar-refractivity contribution >= 4 is 47.3 Å². The molecule has 7 amide bonds. The highest BCUT2D eigenvalue weighted by Gasteiger charge is 2.45. The van der Waals surface area contributed by atoms with E-state index in [4.69, 9.17) is 11.5 Å². The molecule has 10 atom stereocenters. The molecular formula is C33H52N10O12. The van der Waals surface area contributed by atoms with Gasteiger partial charge in [-0.2, -0.15) is 0 Å². The maximum absolute atomic E-state index is 13.9. The fourth-order valence-corrected chi connectivity index (χ4v) is 6.42. The number of rotatable bonds is 19. The van der Waals surface area contributed by atoms with E-state index < -0.39 is 108 Å². The number of aliphatic carboxylic acids is 1. The molecule has 1 aromatic heterocycles. The van der Waals surface area contributed by atoms with Crippen LogP contribution in [0.5, 0.6) is 0 Å². The number of imidazole rings is 1. The molecule has 0 saturated carbocycles. The van der Waals surface area contributed by atoms with E-state index in [9.17, 15) is 58.8 Å². The number of likely N-dealkylation sites (tertiary alicyclic amines) is 2. The van der Waals surface area contributed by atoms with E-state index in [1.54, 1.807) is 0 Å². The first kappa shape index (κ1) is 44.2. The van der Waals surface area contributed by atoms with Gasteiger partial charge in [-0.1, -0.05) is 0 Å². The van der Waals surface area contributed by atoms with Crippen LogP contribution in [0.1, 0.15) is 65.0 Å². The molecule has 2 fully saturated rings. The largest absolute Gasteiger partial charge is 0.480 e. The van der Waals surface area contributed by atoms with Crippen LogP contribution in [0.25, 0.3) is 0 Å². The third-order valence-electron chi connectivity index (χ3n) is 9.46. The lowest BCUT2D eigenvalue weighted by atomic mass is 10.0. The van der Waals surface area contributed by atoms with Gasteiger partial charge in [0, 0.05) is 37.8 Å². The van der Waals surface area contributed by atoms with Crippen molar-refractivity contribution in [2.75, 3.05) is 13.1 Å². The Balaban J connectivity index is 1.78. The van der Waals surface area contributed by atoms with Crippen molar-refractivity contribution in [1.82, 2.24) is 41.0 Å². The van der Waals surface area contributed by atoms with Crippen molar-refractivity contribution in [2.24, 2.45) is 11.5 Å². The summed E-state index contributed by atoms with van der Waals surface area (Å²) in [5, 5.41) is 50.4. The fourth-order valence-electron chi connectivity index (χ4n) is 6.42. The van der Waals surface area contributed by atoms with Gasteiger partial charge in [0.1, 0.15) is 36.3 Å². The van der Waals surface area contributed by atoms with Crippen LogP contribution in [0, 0.1) is 0 Å². The number of nitrogens with one attached hydrogen (secondary N) is 5. The second-order valence-electron chi connectivity index (χ2n) is 13.9. The number of aromatic amines is 1. The molecule has 0 aliphatic carbocycles. The molecule has 0 radical (unpaired) electrons. The number of nitrogens with zero attached hydrogens (tertiary/aromatic N) is 3. The standard InChI is InChI=1S/C33H52N10O12/c1-15(44)24(40-30(51)25(16(2)45)39-27(48)19(34)8-9-23(35)47)29(50)38-20(12-18-13-36-14-37-18)28(49)41-26(17(3)46)32(53)42-10-4-6-21(42)31(52)43-11-5-7-22(43)33(54)55/h13-17,19-22,24-26,44-46H,4-12,34H2,1-3H3,(H2,35,47)(H,36,37)(H,38,50)(H,39,48)(H,40,51)(H,41,49)(H,54,55)/t15-,16-,17-,19+,20+,21+,22+,24+,25+,26+/m1/s1. The Labute approximate surface area is 316 Å². The van der Waals surface area contributed by atoms with Crippen molar-refractivity contribution in [2.45, 2.75) is 126 Å². The predicted octanol–water partition coefficient (Wildman–Crippen LogP) is -5.31. The molecule has 306 valence electrons. The Bertz CT molecular complexity index is 1550. The van der Waals surface area contributed by atoms with Crippen LogP contribution in [-0.2, 0) is 44.8 Å². The number of nitrogens with two attached hydrogens (primary N) is 2. The summed E-state index contributed by atoms with van der Waals surface area (Å²) in [7, 11) is 0. The lowest BCUT2D eigenvalue weighted by Gasteiger charge is -2.33. The number of aliphatic hydroxyl groups excluding tert-OH is 3. The van der Waals surface area contributed by atoms with Crippen LogP contribution >= 0.6 is 0 Å². The summed E-state index contributed by atoms with van der Waals surface area (Å²) in [4.78, 5) is 112. The highest BCUT2D eigenvalue weighted by Crippen LogP contribution is 2.26. The summed E-state index contributed by atoms with van der Waals surface area (Å²) in [5.41, 5.74) is 11.2. The molecule has 0 unspecified atom stereocenters. The molecule has 22 nitrogen and oxygen atoms in total. The molecule has 1 aromatic rings. The van der Waals surface area contributed by atoms with Crippen molar-refractivity contribution in [3.05, 3.63) is 18.2 Å². The molecular weight excluding hydrogens is 728 g/mol. The number of amides is 7. The van der Waals surface area contributed by atoms with E-state index in [2.05, 4.69) is 31.2 Å². The molecule has 2 saturated heterocycles. The molecule has 13 N–H and O–H groups in total. The first-order chi connectivity index (χ1) is 25.8. The Kier molecular flexibility index (Phi) is 16.0. The number of primary amides is 1. The second kappa shape index (κ2) is 19.9. The van der Waals surface area contributed by atoms with Crippen LogP contribution in [0.2, 0.25) is 0 Å². The highest BCUT2D eigenvalue weighted by atomic mass is 16.4. The van der Waals surface area contributed by atoms with Crippen LogP contribution in [0.3, 0.4) is 0 Å². The predicted molar refractivity (Wildman–Crippen MR) is 189 cm³/mol. The van der Waals surface area contributed by atoms with Crippen molar-refractivity contribution in [1.29, 1.82) is 0 Å². The summed E-state index contributed by atoms with van der Waals surface area (Å²) < 4.78 is 0. The van der Waals surface area contributed by atoms with Gasteiger partial charge in [0.15, 0.2) is 0 Å². The molecule has 0 aromatic carbocycles. The quantitative estimate of drug-likeness (QED) is 0.0625. The smallest absolute Gasteiger partial charge is 0.326 e. The first-order valence-electron chi connectivity index (χ1n) is 17.9. The van der Waals surface area contributed by atoms with E-state index in [-0.39, 0.29) is 45.2 Å². The van der Waals surface area contributed by atoms with Gasteiger partial charge in [0.2, 0.25) is 41.4 Å². The third kappa shape index (κ3) is 11.9. The van der Waals surface area contributed by atoms with Crippen LogP contribution in [-0.4, -0.2) is 161 Å². The Morgan fingerprint density at radius 3 is 1.85 bits per heavy atom. The number of aliphatic hydroxyl groups is 3. The topological polar surface area (TPSA) is 353 Å². The lowest BCUT2D eigenvalue weighted by Crippen LogP contribution is -2.63. The molecule has 0 spiro atoms. The number of carbonyl (C=O) groups is 8. The normalized spacial score (nSPS) is 21.2. The van der Waals surface area contributed by atoms with Gasteiger partial charge in [-0.05, 0) is 52.9 Å². The SMILES string of the molecule is C[C@@H](O)[C@H](NC(=O)[C@@H](NC(=O)[C@@H](N)CCC(N)=O)[C@@H](C)O)C(=O)N[C@@H](Cc1cnc[nH]1)C(=O)N[C@H](C(=O)N1CCC[C@H]1C(=O)N1CCC[C@H]1C(=O)O)[C@@H](C)O. The third-order valence-corrected chi connectivity index (χ3v) is 9.46. The Morgan fingerprint density at radius 1 is 0.800 bits per heavy atom. The summed E-state index contributed by atoms with van der Waals surface area (Å²) in [6.45, 7) is 3.86. The maximum atomic E-state index is 13.9. The van der Waals surface area contributed by atoms with Crippen LogP contribution in [0.15, 0.2) is 12.5 Å². The van der Waals surface area contributed by atoms with Gasteiger partial charge in [0.05, 0.1) is 30.7 Å². The highest BCUT2D eigenvalue weighted by molar-refractivity contribution is 5.98. The molecule has 3 rings (SSSR count). The average Bonchev–Trinajstić information content (AvgIpc) is 3.92. The second-order valence-corrected chi connectivity index (χ2v) is 13.9. The lowest BCUT2D eigenvalue weighted by molar-refractivity contribution is -0.153. The molecule has 55 heavy (non-hydrogen) atoms. The number of carbonyl (C=O) groups excluding carboxylic acids is 7. The van der Waals surface area contributed by atoms with Crippen molar-refractivity contribution in [3.63, 3.8) is 0 Å². The van der Waals surface area contributed by atoms with E-state index in [0.717, 1.165) is 6.92 Å². The number of H-pyrrole nitrogens is 1. The number of aromatic nitrogens is 2. The number of carboxylic acid groups (broad SMARTS) is 1. The van der Waals surface area contributed by atoms with Crippen molar-refractivity contribution < 1.29 is 58.8 Å². The van der Waals surface area contributed by atoms with Crippen LogP contribution < -0.4 is 32.7 Å². The average molecular weight is 781 g/mol. The zero-order valence-electron chi connectivity index (χ0n) is 30.8. The summed E-state index contributed by atoms with van der Waals surface area (Å²) in [6, 6.07) is -9.92. The fraction of sp³-hybridized carbons (Fsp3) is 0.667. The molecule has 0 bridgehead atoms. The summed E-state index contributed by atoms with van der Waals surface area (Å²) >= 11 is 0. The zero-order valence-corrected chi connectivity index (χ0v) is 30.8. The minimum absolute atomic E-state index is 0.0944. The first-order valence-corrected chi connectivity index (χ1v) is 17.9. The monoisotopic (exact) mass is 780 g/mol. The molecule has 2 aliphatic heterocycles. The van der Waals surface area contributed by atoms with E-state index in [0.29, 0.717) is 18.5 Å². The maximum Gasteiger partial charge on any atom is 0.326 e. The molecule has 3 heterocycles. The number of hydrogen-bond donors (Lipinski definition) is 11. The molecule has 2 aliphatic rings. The van der Waals surface area contributed by atoms with Crippen LogP contribution in [0.4, 0.5) is 0 Å². The van der Waals surface area contributed by atoms with E-state index >= 15 is 0 Å². The zero-order chi connectivity index (χ0) is 41.1. The molecule has 22 heteroatoms. The van der Waals surface area contributed by atoms with Gasteiger partial charge < -0.3 is 67.9 Å². The summed E-state index contributed by atoms with van der Waals surface area (Å²) in [6.07, 6.45) is -1.24. The number of hydrogen-bond acceptors (Lipinski definition) is 13. The van der Waals surface area contributed by atoms with Gasteiger partial charge in [-0.3, -0.25) is 33.6 Å². The van der Waals surface area contributed by atoms with Gasteiger partial charge in [-0.25, -0.2) is 9.78 Å². The Morgan fingerprint density at radius 2 is 1.33 bits per heavy atom. The van der Waals surface area contributed by atoms with Crippen molar-refractivity contribution in [3.8, 4) is 0 Å².